The maximum Gasteiger partial charge on any atom is 0.181 e. The van der Waals surface area contributed by atoms with E-state index in [1.165, 1.54) is 0 Å². The van der Waals surface area contributed by atoms with E-state index in [1.54, 1.807) is 0 Å². The van der Waals surface area contributed by atoms with Gasteiger partial charge in [-0.2, -0.15) is 5.10 Å². The molecule has 5 heteroatoms. The molecule has 0 bridgehead atoms. The Kier molecular flexibility index (Phi) is 3.57. The molecule has 1 saturated heterocycles. The van der Waals surface area contributed by atoms with E-state index in [4.69, 9.17) is 4.74 Å². The van der Waals surface area contributed by atoms with Gasteiger partial charge in [0.2, 0.25) is 0 Å². The minimum Gasteiger partial charge on any atom is -0.375 e. The Morgan fingerprint density at radius 3 is 2.95 bits per heavy atom. The van der Waals surface area contributed by atoms with E-state index < -0.39 is 0 Å². The second-order valence-corrected chi connectivity index (χ2v) is 4.74. The molecule has 1 aliphatic heterocycles. The average Bonchev–Trinajstić information content (AvgIpc) is 2.82. The second-order valence-electron chi connectivity index (χ2n) is 4.74. The molecule has 100 valence electrons. The normalized spacial score (nSPS) is 19.5. The van der Waals surface area contributed by atoms with Crippen LogP contribution in [-0.4, -0.2) is 40.6 Å². The summed E-state index contributed by atoms with van der Waals surface area (Å²) in [5, 5.41) is 7.81. The van der Waals surface area contributed by atoms with Crippen molar-refractivity contribution >= 4 is 0 Å². The Bertz CT molecular complexity index is 532. The zero-order chi connectivity index (χ0) is 13.1. The Morgan fingerprint density at radius 1 is 1.37 bits per heavy atom. The summed E-state index contributed by atoms with van der Waals surface area (Å²) in [6.45, 7) is 2.59. The summed E-state index contributed by atoms with van der Waals surface area (Å²) in [4.78, 5) is 4.62. The summed E-state index contributed by atoms with van der Waals surface area (Å²) in [5.41, 5.74) is 1.05. The van der Waals surface area contributed by atoms with Gasteiger partial charge in [0.25, 0.3) is 0 Å². The number of hydrogen-bond donors (Lipinski definition) is 1. The van der Waals surface area contributed by atoms with Crippen LogP contribution in [0.4, 0.5) is 0 Å². The highest BCUT2D eigenvalue weighted by Crippen LogP contribution is 2.15. The molecule has 5 nitrogen and oxygen atoms in total. The molecule has 3 rings (SSSR count). The number of aryl methyl sites for hydroxylation is 1. The van der Waals surface area contributed by atoms with E-state index >= 15 is 0 Å². The van der Waals surface area contributed by atoms with Crippen LogP contribution in [0.3, 0.4) is 0 Å². The largest absolute Gasteiger partial charge is 0.375 e. The van der Waals surface area contributed by atoms with Crippen molar-refractivity contribution in [3.05, 3.63) is 36.2 Å². The molecule has 2 heterocycles. The molecular weight excluding hydrogens is 240 g/mol. The lowest BCUT2D eigenvalue weighted by molar-refractivity contribution is 0.0275. The number of nitrogens with one attached hydrogen (secondary N) is 1. The summed E-state index contributed by atoms with van der Waals surface area (Å²) < 4.78 is 7.56. The molecule has 19 heavy (non-hydrogen) atoms. The smallest absolute Gasteiger partial charge is 0.181 e. The van der Waals surface area contributed by atoms with Gasteiger partial charge in [0.1, 0.15) is 5.82 Å². The Hall–Kier alpha value is -1.72. The molecule has 1 unspecified atom stereocenters. The summed E-state index contributed by atoms with van der Waals surface area (Å²) in [6, 6.07) is 10.0. The molecule has 1 aliphatic rings. The lowest BCUT2D eigenvalue weighted by atomic mass is 10.2. The maximum atomic E-state index is 5.71. The van der Waals surface area contributed by atoms with Crippen LogP contribution in [0.2, 0.25) is 0 Å². The van der Waals surface area contributed by atoms with Crippen LogP contribution in [0.5, 0.6) is 0 Å². The molecule has 0 aliphatic carbocycles. The first-order chi connectivity index (χ1) is 9.33. The lowest BCUT2D eigenvalue weighted by Crippen LogP contribution is -2.40. The van der Waals surface area contributed by atoms with Crippen LogP contribution in [0.25, 0.3) is 11.4 Å². The molecule has 1 N–H and O–H groups in total. The molecule has 2 aromatic rings. The predicted octanol–water partition coefficient (Wildman–Crippen LogP) is 1.01. The van der Waals surface area contributed by atoms with Crippen molar-refractivity contribution in [3.63, 3.8) is 0 Å². The Balaban J connectivity index is 1.77. The monoisotopic (exact) mass is 258 g/mol. The topological polar surface area (TPSA) is 52.0 Å². The molecule has 1 atom stereocenters. The Morgan fingerprint density at radius 2 is 2.21 bits per heavy atom. The zero-order valence-corrected chi connectivity index (χ0v) is 11.0. The third-order valence-electron chi connectivity index (χ3n) is 3.30. The highest BCUT2D eigenvalue weighted by Gasteiger charge is 2.18. The fourth-order valence-corrected chi connectivity index (χ4v) is 2.26. The number of aromatic nitrogens is 3. The van der Waals surface area contributed by atoms with E-state index in [0.29, 0.717) is 0 Å². The van der Waals surface area contributed by atoms with Gasteiger partial charge in [-0.3, -0.25) is 4.68 Å². The molecule has 0 saturated carbocycles. The summed E-state index contributed by atoms with van der Waals surface area (Å²) in [6.07, 6.45) is 0.990. The van der Waals surface area contributed by atoms with Crippen LogP contribution in [0.15, 0.2) is 30.3 Å². The van der Waals surface area contributed by atoms with Crippen molar-refractivity contribution < 1.29 is 4.74 Å². The quantitative estimate of drug-likeness (QED) is 0.893. The van der Waals surface area contributed by atoms with Crippen molar-refractivity contribution in [2.45, 2.75) is 12.5 Å². The van der Waals surface area contributed by atoms with Gasteiger partial charge >= 0.3 is 0 Å². The first-order valence-electron chi connectivity index (χ1n) is 6.60. The van der Waals surface area contributed by atoms with Crippen molar-refractivity contribution in [3.8, 4) is 11.4 Å². The van der Waals surface area contributed by atoms with Crippen LogP contribution in [0, 0.1) is 0 Å². The first-order valence-corrected chi connectivity index (χ1v) is 6.60. The van der Waals surface area contributed by atoms with Gasteiger partial charge in [0, 0.05) is 32.1 Å². The highest BCUT2D eigenvalue weighted by atomic mass is 16.5. The number of benzene rings is 1. The SMILES string of the molecule is Cn1nc(-c2ccccc2)nc1CC1CNCCO1. The molecule has 0 radical (unpaired) electrons. The van der Waals surface area contributed by atoms with Gasteiger partial charge in [-0.15, -0.1) is 0 Å². The number of rotatable bonds is 3. The lowest BCUT2D eigenvalue weighted by Gasteiger charge is -2.22. The van der Waals surface area contributed by atoms with Crippen LogP contribution >= 0.6 is 0 Å². The van der Waals surface area contributed by atoms with Gasteiger partial charge in [-0.1, -0.05) is 30.3 Å². The van der Waals surface area contributed by atoms with E-state index in [1.807, 2.05) is 42.1 Å². The van der Waals surface area contributed by atoms with Crippen molar-refractivity contribution in [1.29, 1.82) is 0 Å². The standard InChI is InChI=1S/C14H18N4O/c1-18-13(9-12-10-15-7-8-19-12)16-14(17-18)11-5-3-2-4-6-11/h2-6,12,15H,7-10H2,1H3. The molecule has 1 aromatic heterocycles. The van der Waals surface area contributed by atoms with Crippen LogP contribution in [-0.2, 0) is 18.2 Å². The molecule has 0 amide bonds. The first kappa shape index (κ1) is 12.3. The van der Waals surface area contributed by atoms with Crippen molar-refractivity contribution in [2.24, 2.45) is 7.05 Å². The van der Waals surface area contributed by atoms with Gasteiger partial charge in [-0.05, 0) is 0 Å². The highest BCUT2D eigenvalue weighted by molar-refractivity contribution is 5.53. The molecule has 0 spiro atoms. The Labute approximate surface area is 112 Å². The summed E-state index contributed by atoms with van der Waals surface area (Å²) in [5.74, 6) is 1.74. The van der Waals surface area contributed by atoms with E-state index in [-0.39, 0.29) is 6.10 Å². The number of morpholine rings is 1. The van der Waals surface area contributed by atoms with Crippen LogP contribution < -0.4 is 5.32 Å². The number of hydrogen-bond acceptors (Lipinski definition) is 4. The number of nitrogens with zero attached hydrogens (tertiary/aromatic N) is 3. The minimum atomic E-state index is 0.195. The van der Waals surface area contributed by atoms with Gasteiger partial charge < -0.3 is 10.1 Å². The van der Waals surface area contributed by atoms with E-state index in [9.17, 15) is 0 Å². The summed E-state index contributed by atoms with van der Waals surface area (Å²) in [7, 11) is 1.94. The third-order valence-corrected chi connectivity index (χ3v) is 3.30. The van der Waals surface area contributed by atoms with E-state index in [2.05, 4.69) is 15.4 Å². The zero-order valence-electron chi connectivity index (χ0n) is 11.0. The van der Waals surface area contributed by atoms with Gasteiger partial charge in [0.15, 0.2) is 5.82 Å². The fourth-order valence-electron chi connectivity index (χ4n) is 2.26. The van der Waals surface area contributed by atoms with Gasteiger partial charge in [-0.25, -0.2) is 4.98 Å². The van der Waals surface area contributed by atoms with Crippen LogP contribution in [0.1, 0.15) is 5.82 Å². The molecule has 1 fully saturated rings. The molecular formula is C14H18N4O. The van der Waals surface area contributed by atoms with Crippen molar-refractivity contribution in [1.82, 2.24) is 20.1 Å². The predicted molar refractivity (Wildman–Crippen MR) is 72.8 cm³/mol. The fraction of sp³-hybridized carbons (Fsp3) is 0.429. The van der Waals surface area contributed by atoms with Gasteiger partial charge in [0.05, 0.1) is 12.7 Å². The van der Waals surface area contributed by atoms with Crippen molar-refractivity contribution in [2.75, 3.05) is 19.7 Å². The number of ether oxygens (including phenoxy) is 1. The van der Waals surface area contributed by atoms with E-state index in [0.717, 1.165) is 43.3 Å². The maximum absolute atomic E-state index is 5.71. The average molecular weight is 258 g/mol. The summed E-state index contributed by atoms with van der Waals surface area (Å²) >= 11 is 0. The molecule has 1 aromatic carbocycles. The minimum absolute atomic E-state index is 0.195. The third kappa shape index (κ3) is 2.83. The second kappa shape index (κ2) is 5.50.